The molecule has 0 heteroatoms. The molecule has 0 bridgehead atoms. The van der Waals surface area contributed by atoms with E-state index in [0.717, 1.165) is 0 Å². The molecule has 2 aliphatic carbocycles. The van der Waals surface area contributed by atoms with Gasteiger partial charge in [-0.15, -0.1) is 0 Å². The molecule has 1 spiro atoms. The van der Waals surface area contributed by atoms with Crippen LogP contribution < -0.4 is 0 Å². The van der Waals surface area contributed by atoms with Gasteiger partial charge in [-0.1, -0.05) is 208 Å². The Morgan fingerprint density at radius 3 is 1.64 bits per heavy atom. The average Bonchev–Trinajstić information content (AvgIpc) is 3.59. The third-order valence-electron chi connectivity index (χ3n) is 13.3. The molecule has 0 aliphatic heterocycles. The average molecular weight is 753 g/mol. The van der Waals surface area contributed by atoms with Crippen LogP contribution in [0.2, 0.25) is 0 Å². The molecule has 0 atom stereocenters. The van der Waals surface area contributed by atoms with Crippen LogP contribution in [-0.4, -0.2) is 0 Å². The number of allylic oxidation sites excluding steroid dienone is 3. The summed E-state index contributed by atoms with van der Waals surface area (Å²) < 4.78 is 0. The summed E-state index contributed by atoms with van der Waals surface area (Å²) in [5.74, 6) is 0. The third kappa shape index (κ3) is 5.23. The van der Waals surface area contributed by atoms with Gasteiger partial charge in [0.2, 0.25) is 0 Å². The van der Waals surface area contributed by atoms with Crippen molar-refractivity contribution in [1.29, 1.82) is 0 Å². The molecular formula is C59H44. The van der Waals surface area contributed by atoms with E-state index in [1.807, 2.05) is 0 Å². The Balaban J connectivity index is 1.20. The minimum Gasteiger partial charge on any atom is -0.0797 e. The summed E-state index contributed by atoms with van der Waals surface area (Å²) in [5.41, 5.74) is 18.7. The van der Waals surface area contributed by atoms with Gasteiger partial charge in [0, 0.05) is 5.41 Å². The zero-order valence-electron chi connectivity index (χ0n) is 33.7. The van der Waals surface area contributed by atoms with Gasteiger partial charge in [0.05, 0.1) is 5.41 Å². The van der Waals surface area contributed by atoms with E-state index in [4.69, 9.17) is 0 Å². The summed E-state index contributed by atoms with van der Waals surface area (Å²) in [5, 5.41) is 5.11. The SMILES string of the molecule is C/C=C(\C=C(c1ccccc1)c1ccccc1)c1cccc2c1-c1cc(-c3ccc4c(ccc5ccccc54)c3)ccc1C21c2ccccc2C(C)(C)c2ccccc21. The number of hydrogen-bond acceptors (Lipinski definition) is 0. The Kier molecular flexibility index (Phi) is 8.07. The maximum Gasteiger partial charge on any atom is 0.0719 e. The maximum absolute atomic E-state index is 2.49. The van der Waals surface area contributed by atoms with Crippen LogP contribution in [0.5, 0.6) is 0 Å². The van der Waals surface area contributed by atoms with Gasteiger partial charge >= 0.3 is 0 Å². The molecule has 0 heterocycles. The second-order valence-electron chi connectivity index (χ2n) is 16.7. The van der Waals surface area contributed by atoms with Crippen molar-refractivity contribution in [2.75, 3.05) is 0 Å². The number of rotatable bonds is 5. The Labute approximate surface area is 347 Å². The Bertz CT molecular complexity index is 3080. The first kappa shape index (κ1) is 35.2. The smallest absolute Gasteiger partial charge is 0.0719 e. The molecule has 9 aromatic carbocycles. The Hall–Kier alpha value is -7.02. The fourth-order valence-corrected chi connectivity index (χ4v) is 10.6. The van der Waals surface area contributed by atoms with Gasteiger partial charge in [0.1, 0.15) is 0 Å². The molecule has 11 rings (SSSR count). The third-order valence-corrected chi connectivity index (χ3v) is 13.3. The molecule has 0 radical (unpaired) electrons. The fourth-order valence-electron chi connectivity index (χ4n) is 10.6. The molecule has 0 saturated heterocycles. The van der Waals surface area contributed by atoms with Crippen LogP contribution in [0.3, 0.4) is 0 Å². The van der Waals surface area contributed by atoms with Gasteiger partial charge in [-0.25, -0.2) is 0 Å². The first-order valence-corrected chi connectivity index (χ1v) is 20.9. The van der Waals surface area contributed by atoms with Crippen molar-refractivity contribution in [3.63, 3.8) is 0 Å². The summed E-state index contributed by atoms with van der Waals surface area (Å²) in [7, 11) is 0. The number of benzene rings is 9. The van der Waals surface area contributed by atoms with Crippen LogP contribution in [0, 0.1) is 0 Å². The Morgan fingerprint density at radius 2 is 0.966 bits per heavy atom. The van der Waals surface area contributed by atoms with Crippen LogP contribution in [0.15, 0.2) is 212 Å². The van der Waals surface area contributed by atoms with E-state index in [9.17, 15) is 0 Å². The molecule has 0 fully saturated rings. The van der Waals surface area contributed by atoms with E-state index < -0.39 is 5.41 Å². The maximum atomic E-state index is 2.49. The first-order chi connectivity index (χ1) is 29.0. The van der Waals surface area contributed by atoms with Crippen molar-refractivity contribution in [2.45, 2.75) is 31.6 Å². The highest BCUT2D eigenvalue weighted by atomic mass is 14.5. The first-order valence-electron chi connectivity index (χ1n) is 20.9. The number of fused-ring (bicyclic) bond motifs is 12. The Morgan fingerprint density at radius 1 is 0.424 bits per heavy atom. The van der Waals surface area contributed by atoms with E-state index >= 15 is 0 Å². The molecule has 0 aromatic heterocycles. The predicted molar refractivity (Wildman–Crippen MR) is 250 cm³/mol. The minimum atomic E-state index is -0.492. The fraction of sp³-hybridized carbons (Fsp3) is 0.0847. The van der Waals surface area contributed by atoms with Crippen molar-refractivity contribution in [3.8, 4) is 22.3 Å². The highest BCUT2D eigenvalue weighted by Crippen LogP contribution is 2.63. The second kappa shape index (κ2) is 13.5. The van der Waals surface area contributed by atoms with E-state index in [1.165, 1.54) is 105 Å². The van der Waals surface area contributed by atoms with Crippen molar-refractivity contribution in [3.05, 3.63) is 262 Å². The topological polar surface area (TPSA) is 0 Å². The van der Waals surface area contributed by atoms with Gasteiger partial charge in [-0.3, -0.25) is 0 Å². The summed E-state index contributed by atoms with van der Waals surface area (Å²) in [4.78, 5) is 0. The van der Waals surface area contributed by atoms with Crippen LogP contribution in [0.25, 0.3) is 54.9 Å². The number of hydrogen-bond donors (Lipinski definition) is 0. The van der Waals surface area contributed by atoms with Gasteiger partial charge in [0.25, 0.3) is 0 Å². The lowest BCUT2D eigenvalue weighted by molar-refractivity contribution is 0.563. The highest BCUT2D eigenvalue weighted by molar-refractivity contribution is 6.08. The van der Waals surface area contributed by atoms with Crippen LogP contribution in [0.4, 0.5) is 0 Å². The molecule has 2 aliphatic rings. The molecule has 0 unspecified atom stereocenters. The summed E-state index contributed by atoms with van der Waals surface area (Å²) >= 11 is 0. The van der Waals surface area contributed by atoms with E-state index in [0.29, 0.717) is 0 Å². The van der Waals surface area contributed by atoms with E-state index in [1.54, 1.807) is 0 Å². The molecule has 0 nitrogen and oxygen atoms in total. The molecule has 280 valence electrons. The lowest BCUT2D eigenvalue weighted by Crippen LogP contribution is -2.40. The molecule has 9 aromatic rings. The molecule has 59 heavy (non-hydrogen) atoms. The summed E-state index contributed by atoms with van der Waals surface area (Å²) in [6.07, 6.45) is 4.71. The van der Waals surface area contributed by atoms with Crippen LogP contribution in [-0.2, 0) is 10.8 Å². The lowest BCUT2D eigenvalue weighted by Gasteiger charge is -2.46. The largest absolute Gasteiger partial charge is 0.0797 e. The van der Waals surface area contributed by atoms with Crippen molar-refractivity contribution in [2.24, 2.45) is 0 Å². The quantitative estimate of drug-likeness (QED) is 0.121. The molecule has 0 saturated carbocycles. The van der Waals surface area contributed by atoms with Gasteiger partial charge < -0.3 is 0 Å². The molecule has 0 N–H and O–H groups in total. The van der Waals surface area contributed by atoms with Gasteiger partial charge in [-0.05, 0) is 130 Å². The van der Waals surface area contributed by atoms with E-state index in [-0.39, 0.29) is 5.41 Å². The minimum absolute atomic E-state index is 0.161. The van der Waals surface area contributed by atoms with Gasteiger partial charge in [0.15, 0.2) is 0 Å². The lowest BCUT2D eigenvalue weighted by atomic mass is 9.55. The highest BCUT2D eigenvalue weighted by Gasteiger charge is 2.53. The second-order valence-corrected chi connectivity index (χ2v) is 16.7. The van der Waals surface area contributed by atoms with Gasteiger partial charge in [-0.2, -0.15) is 0 Å². The monoisotopic (exact) mass is 752 g/mol. The standard InChI is InChI=1S/C59H44/c1-4-39(37-49(40-18-7-5-8-19-40)41-20-9-6-10-21-41)48-24-17-29-56-57(48)50-38-44(43-32-34-47-45(36-43)31-30-42-22-11-12-23-46(42)47)33-35-51(50)59(56)54-27-15-13-25-52(54)58(2,3)53-26-14-16-28-55(53)59/h4-38H,1-3H3/b39-4+. The molecule has 0 amide bonds. The zero-order valence-corrected chi connectivity index (χ0v) is 33.7. The predicted octanol–water partition coefficient (Wildman–Crippen LogP) is 15.2. The van der Waals surface area contributed by atoms with Crippen LogP contribution >= 0.6 is 0 Å². The zero-order chi connectivity index (χ0) is 39.7. The summed E-state index contributed by atoms with van der Waals surface area (Å²) in [6.45, 7) is 6.98. The van der Waals surface area contributed by atoms with Crippen LogP contribution in [0.1, 0.15) is 70.8 Å². The summed E-state index contributed by atoms with van der Waals surface area (Å²) in [6, 6.07) is 74.7. The normalized spacial score (nSPS) is 14.4. The molecular weight excluding hydrogens is 709 g/mol. The van der Waals surface area contributed by atoms with E-state index in [2.05, 4.69) is 233 Å². The van der Waals surface area contributed by atoms with Crippen molar-refractivity contribution < 1.29 is 0 Å². The van der Waals surface area contributed by atoms with Crippen molar-refractivity contribution in [1.82, 2.24) is 0 Å². The van der Waals surface area contributed by atoms with Crippen molar-refractivity contribution >= 4 is 32.7 Å².